The second kappa shape index (κ2) is 6.98. The van der Waals surface area contributed by atoms with E-state index in [1.54, 1.807) is 18.4 Å². The molecule has 1 aliphatic heterocycles. The number of nitrogens with one attached hydrogen (secondary N) is 2. The van der Waals surface area contributed by atoms with Gasteiger partial charge in [0.2, 0.25) is 0 Å². The summed E-state index contributed by atoms with van der Waals surface area (Å²) in [7, 11) is 3.51. The molecular formula is C17H28N4O2S. The van der Waals surface area contributed by atoms with E-state index in [0.29, 0.717) is 24.6 Å². The molecule has 4 unspecified atom stereocenters. The minimum Gasteiger partial charge on any atom is -0.377 e. The first-order chi connectivity index (χ1) is 11.5. The third-order valence-electron chi connectivity index (χ3n) is 5.32. The Kier molecular flexibility index (Phi) is 5.13. The fraction of sp³-hybridized carbons (Fsp3) is 0.765. The highest BCUT2D eigenvalue weighted by atomic mass is 32.1. The van der Waals surface area contributed by atoms with Crippen LogP contribution in [-0.2, 0) is 16.0 Å². The predicted octanol–water partition coefficient (Wildman–Crippen LogP) is 2.33. The Labute approximate surface area is 148 Å². The largest absolute Gasteiger partial charge is 0.377 e. The van der Waals surface area contributed by atoms with E-state index in [2.05, 4.69) is 39.8 Å². The zero-order valence-electron chi connectivity index (χ0n) is 15.1. The van der Waals surface area contributed by atoms with Gasteiger partial charge in [0.25, 0.3) is 0 Å². The molecule has 1 aliphatic carbocycles. The number of hydrogen-bond acceptors (Lipinski definition) is 5. The first kappa shape index (κ1) is 17.6. The Hall–Kier alpha value is -1.18. The topological polar surface area (TPSA) is 67.8 Å². The first-order valence-corrected chi connectivity index (χ1v) is 9.41. The normalized spacial score (nSPS) is 29.7. The fourth-order valence-electron chi connectivity index (χ4n) is 3.82. The minimum atomic E-state index is 0.0382. The summed E-state index contributed by atoms with van der Waals surface area (Å²) in [6.07, 6.45) is 1.55. The van der Waals surface area contributed by atoms with Crippen LogP contribution in [0.3, 0.4) is 0 Å². The Morgan fingerprint density at radius 1 is 1.58 bits per heavy atom. The van der Waals surface area contributed by atoms with Crippen molar-refractivity contribution >= 4 is 17.3 Å². The lowest BCUT2D eigenvalue weighted by atomic mass is 9.57. The number of aromatic nitrogens is 1. The molecule has 4 atom stereocenters. The molecule has 0 aromatic carbocycles. The van der Waals surface area contributed by atoms with Gasteiger partial charge in [0, 0.05) is 43.5 Å². The van der Waals surface area contributed by atoms with E-state index in [9.17, 15) is 0 Å². The van der Waals surface area contributed by atoms with Gasteiger partial charge in [-0.2, -0.15) is 0 Å². The van der Waals surface area contributed by atoms with Gasteiger partial charge in [-0.25, -0.2) is 4.98 Å². The molecule has 1 saturated carbocycles. The Balaban J connectivity index is 1.55. The van der Waals surface area contributed by atoms with Crippen molar-refractivity contribution < 1.29 is 9.47 Å². The van der Waals surface area contributed by atoms with Gasteiger partial charge < -0.3 is 20.1 Å². The third kappa shape index (κ3) is 3.17. The molecule has 0 spiro atoms. The molecule has 0 amide bonds. The summed E-state index contributed by atoms with van der Waals surface area (Å²) in [5.41, 5.74) is 1.15. The monoisotopic (exact) mass is 352 g/mol. The van der Waals surface area contributed by atoms with Gasteiger partial charge in [-0.15, -0.1) is 11.3 Å². The molecule has 0 radical (unpaired) electrons. The maximum Gasteiger partial charge on any atom is 0.191 e. The van der Waals surface area contributed by atoms with E-state index < -0.39 is 0 Å². The fourth-order valence-corrected chi connectivity index (χ4v) is 4.68. The average Bonchev–Trinajstić information content (AvgIpc) is 3.22. The molecule has 0 bridgehead atoms. The Bertz CT molecular complexity index is 601. The number of methoxy groups -OCH3 is 1. The number of rotatable bonds is 5. The van der Waals surface area contributed by atoms with Crippen LogP contribution in [0.2, 0.25) is 0 Å². The summed E-state index contributed by atoms with van der Waals surface area (Å²) < 4.78 is 11.2. The standard InChI is InChI=1S/C17H28N4O2S/c1-10(22-5)15-20-11(9-24-15)8-19-16(18-4)21-13-12-6-7-23-14(12)17(13,2)3/h9-10,12-14H,6-8H2,1-5H3,(H2,18,19,21). The zero-order chi connectivity index (χ0) is 17.3. The van der Waals surface area contributed by atoms with E-state index in [1.807, 2.05) is 14.0 Å². The van der Waals surface area contributed by atoms with Gasteiger partial charge in [0.15, 0.2) is 5.96 Å². The van der Waals surface area contributed by atoms with Crippen molar-refractivity contribution in [3.8, 4) is 0 Å². The minimum absolute atomic E-state index is 0.0382. The SMILES string of the molecule is CN=C(NCc1csc(C(C)OC)n1)NC1C2CCOC2C1(C)C. The molecular weight excluding hydrogens is 324 g/mol. The summed E-state index contributed by atoms with van der Waals surface area (Å²) in [6.45, 7) is 8.08. The van der Waals surface area contributed by atoms with Crippen molar-refractivity contribution in [3.63, 3.8) is 0 Å². The molecule has 2 heterocycles. The zero-order valence-corrected chi connectivity index (χ0v) is 15.9. The van der Waals surface area contributed by atoms with Crippen LogP contribution in [0, 0.1) is 11.3 Å². The van der Waals surface area contributed by atoms with Crippen molar-refractivity contribution in [1.29, 1.82) is 0 Å². The van der Waals surface area contributed by atoms with Crippen LogP contribution >= 0.6 is 11.3 Å². The number of ether oxygens (including phenoxy) is 2. The van der Waals surface area contributed by atoms with Crippen molar-refractivity contribution in [1.82, 2.24) is 15.6 Å². The quantitative estimate of drug-likeness (QED) is 0.629. The second-order valence-corrected chi connectivity index (χ2v) is 8.06. The van der Waals surface area contributed by atoms with Crippen LogP contribution in [-0.4, -0.2) is 43.9 Å². The van der Waals surface area contributed by atoms with E-state index in [4.69, 9.17) is 9.47 Å². The van der Waals surface area contributed by atoms with Crippen molar-refractivity contribution in [2.45, 2.75) is 52.0 Å². The van der Waals surface area contributed by atoms with Gasteiger partial charge in [0.1, 0.15) is 11.1 Å². The summed E-state index contributed by atoms with van der Waals surface area (Å²) >= 11 is 1.63. The maximum absolute atomic E-state index is 5.86. The number of fused-ring (bicyclic) bond motifs is 1. The number of nitrogens with zero attached hydrogens (tertiary/aromatic N) is 2. The number of hydrogen-bond donors (Lipinski definition) is 2. The first-order valence-electron chi connectivity index (χ1n) is 8.53. The van der Waals surface area contributed by atoms with Gasteiger partial charge in [-0.05, 0) is 13.3 Å². The number of guanidine groups is 1. The number of thiazole rings is 1. The Morgan fingerprint density at radius 2 is 2.38 bits per heavy atom. The highest BCUT2D eigenvalue weighted by molar-refractivity contribution is 7.09. The highest BCUT2D eigenvalue weighted by Gasteiger charge is 2.59. The lowest BCUT2D eigenvalue weighted by molar-refractivity contribution is -0.106. The summed E-state index contributed by atoms with van der Waals surface area (Å²) in [6, 6.07) is 0.399. The summed E-state index contributed by atoms with van der Waals surface area (Å²) in [4.78, 5) is 8.98. The summed E-state index contributed by atoms with van der Waals surface area (Å²) in [5.74, 6) is 1.42. The number of aliphatic imine (C=N–C) groups is 1. The molecule has 2 fully saturated rings. The van der Waals surface area contributed by atoms with Crippen molar-refractivity contribution in [2.75, 3.05) is 20.8 Å². The van der Waals surface area contributed by atoms with Crippen LogP contribution < -0.4 is 10.6 Å². The van der Waals surface area contributed by atoms with Gasteiger partial charge >= 0.3 is 0 Å². The smallest absolute Gasteiger partial charge is 0.191 e. The van der Waals surface area contributed by atoms with Gasteiger partial charge in [-0.1, -0.05) is 13.8 Å². The predicted molar refractivity (Wildman–Crippen MR) is 96.3 cm³/mol. The Morgan fingerprint density at radius 3 is 3.08 bits per heavy atom. The van der Waals surface area contributed by atoms with Crippen molar-refractivity contribution in [3.05, 3.63) is 16.1 Å². The maximum atomic E-state index is 5.86. The molecule has 1 aromatic rings. The lowest BCUT2D eigenvalue weighted by Crippen LogP contribution is -2.67. The average molecular weight is 353 g/mol. The molecule has 7 heteroatoms. The van der Waals surface area contributed by atoms with Crippen molar-refractivity contribution in [2.24, 2.45) is 16.3 Å². The third-order valence-corrected chi connectivity index (χ3v) is 6.38. The van der Waals surface area contributed by atoms with E-state index >= 15 is 0 Å². The van der Waals surface area contributed by atoms with E-state index in [-0.39, 0.29) is 11.5 Å². The molecule has 134 valence electrons. The van der Waals surface area contributed by atoms with Crippen LogP contribution in [0.5, 0.6) is 0 Å². The molecule has 3 rings (SSSR count). The molecule has 1 saturated heterocycles. The molecule has 2 N–H and O–H groups in total. The van der Waals surface area contributed by atoms with E-state index in [0.717, 1.165) is 29.7 Å². The molecule has 6 nitrogen and oxygen atoms in total. The molecule has 24 heavy (non-hydrogen) atoms. The lowest BCUT2D eigenvalue weighted by Gasteiger charge is -2.54. The highest BCUT2D eigenvalue weighted by Crippen LogP contribution is 2.52. The summed E-state index contributed by atoms with van der Waals surface area (Å²) in [5, 5.41) is 10.0. The molecule has 1 aromatic heterocycles. The van der Waals surface area contributed by atoms with Crippen LogP contribution in [0.4, 0.5) is 0 Å². The molecule has 2 aliphatic rings. The van der Waals surface area contributed by atoms with Crippen LogP contribution in [0.15, 0.2) is 10.4 Å². The van der Waals surface area contributed by atoms with E-state index in [1.165, 1.54) is 0 Å². The second-order valence-electron chi connectivity index (χ2n) is 7.17. The van der Waals surface area contributed by atoms with Gasteiger partial charge in [-0.3, -0.25) is 4.99 Å². The van der Waals surface area contributed by atoms with Crippen LogP contribution in [0.25, 0.3) is 0 Å². The van der Waals surface area contributed by atoms with Gasteiger partial charge in [0.05, 0.1) is 18.3 Å². The van der Waals surface area contributed by atoms with Crippen LogP contribution in [0.1, 0.15) is 44.0 Å².